The first-order chi connectivity index (χ1) is 9.31. The first-order valence-electron chi connectivity index (χ1n) is 6.02. The van der Waals surface area contributed by atoms with Crippen LogP contribution in [0.15, 0.2) is 18.3 Å². The Labute approximate surface area is 114 Å². The number of carboxylic acid groups (broad SMARTS) is 1. The molecule has 2 rings (SSSR count). The van der Waals surface area contributed by atoms with Gasteiger partial charge in [0.1, 0.15) is 6.04 Å². The molecule has 0 fully saturated rings. The summed E-state index contributed by atoms with van der Waals surface area (Å²) in [6, 6.07) is 2.23. The van der Waals surface area contributed by atoms with Crippen LogP contribution in [-0.2, 0) is 18.3 Å². The lowest BCUT2D eigenvalue weighted by molar-refractivity contribution is -0.383. The minimum atomic E-state index is -1.13. The van der Waals surface area contributed by atoms with Gasteiger partial charge in [0.2, 0.25) is 0 Å². The molecule has 1 heterocycles. The first-order valence-corrected chi connectivity index (χ1v) is 6.02. The average molecular weight is 277 g/mol. The van der Waals surface area contributed by atoms with E-state index >= 15 is 0 Å². The number of nitrogens with two attached hydrogens (primary N) is 1. The molecule has 0 aliphatic carbocycles. The maximum absolute atomic E-state index is 11.2. The molecule has 7 heteroatoms. The molecule has 0 aliphatic heterocycles. The summed E-state index contributed by atoms with van der Waals surface area (Å²) in [6.45, 7) is 1.78. The van der Waals surface area contributed by atoms with Crippen molar-refractivity contribution in [3.8, 4) is 0 Å². The number of aromatic nitrogens is 1. The van der Waals surface area contributed by atoms with Crippen molar-refractivity contribution in [2.75, 3.05) is 0 Å². The predicted octanol–water partition coefficient (Wildman–Crippen LogP) is 1.35. The van der Waals surface area contributed by atoms with E-state index in [9.17, 15) is 14.9 Å². The fourth-order valence-electron chi connectivity index (χ4n) is 2.35. The molecule has 0 saturated heterocycles. The molecular formula is C13H15N3O4. The lowest BCUT2D eigenvalue weighted by atomic mass is 10.0. The van der Waals surface area contributed by atoms with Gasteiger partial charge >= 0.3 is 5.97 Å². The van der Waals surface area contributed by atoms with Crippen LogP contribution in [-0.4, -0.2) is 26.6 Å². The Hall–Kier alpha value is -2.41. The van der Waals surface area contributed by atoms with Crippen LogP contribution in [0.1, 0.15) is 11.1 Å². The van der Waals surface area contributed by atoms with E-state index in [1.165, 1.54) is 6.07 Å². The van der Waals surface area contributed by atoms with Crippen LogP contribution in [0.3, 0.4) is 0 Å². The van der Waals surface area contributed by atoms with Crippen LogP contribution in [0, 0.1) is 17.0 Å². The molecule has 1 aromatic carbocycles. The van der Waals surface area contributed by atoms with Gasteiger partial charge in [-0.25, -0.2) is 0 Å². The van der Waals surface area contributed by atoms with Crippen LogP contribution in [0.2, 0.25) is 0 Å². The first kappa shape index (κ1) is 14.0. The Morgan fingerprint density at radius 2 is 2.20 bits per heavy atom. The number of benzene rings is 1. The zero-order chi connectivity index (χ0) is 15.0. The number of nitro groups is 1. The second-order valence-corrected chi connectivity index (χ2v) is 4.85. The van der Waals surface area contributed by atoms with E-state index in [-0.39, 0.29) is 12.1 Å². The van der Waals surface area contributed by atoms with Crippen molar-refractivity contribution >= 4 is 22.6 Å². The van der Waals surface area contributed by atoms with Crippen molar-refractivity contribution in [3.05, 3.63) is 39.6 Å². The molecule has 0 amide bonds. The van der Waals surface area contributed by atoms with E-state index in [2.05, 4.69) is 0 Å². The van der Waals surface area contributed by atoms with Crippen molar-refractivity contribution in [3.63, 3.8) is 0 Å². The van der Waals surface area contributed by atoms with Gasteiger partial charge in [-0.2, -0.15) is 0 Å². The molecule has 7 nitrogen and oxygen atoms in total. The zero-order valence-electron chi connectivity index (χ0n) is 11.2. The van der Waals surface area contributed by atoms with Gasteiger partial charge in [0.25, 0.3) is 5.69 Å². The SMILES string of the molecule is Cc1cc([N+](=O)[O-])c2c(CC(N)C(=O)O)cn(C)c2c1. The monoisotopic (exact) mass is 277 g/mol. The van der Waals surface area contributed by atoms with Gasteiger partial charge in [-0.3, -0.25) is 14.9 Å². The van der Waals surface area contributed by atoms with Crippen molar-refractivity contribution in [1.29, 1.82) is 0 Å². The molecule has 2 aromatic rings. The molecule has 0 spiro atoms. The molecule has 3 N–H and O–H groups in total. The van der Waals surface area contributed by atoms with E-state index in [0.717, 1.165) is 5.56 Å². The minimum absolute atomic E-state index is 0.0202. The molecule has 1 unspecified atom stereocenters. The van der Waals surface area contributed by atoms with E-state index in [1.54, 1.807) is 24.7 Å². The molecule has 0 bridgehead atoms. The average Bonchev–Trinajstić information content (AvgIpc) is 2.65. The Morgan fingerprint density at radius 3 is 2.75 bits per heavy atom. The number of non-ortho nitro benzene ring substituents is 1. The summed E-state index contributed by atoms with van der Waals surface area (Å²) in [4.78, 5) is 21.6. The van der Waals surface area contributed by atoms with E-state index < -0.39 is 16.9 Å². The summed E-state index contributed by atoms with van der Waals surface area (Å²) in [6.07, 6.45) is 1.75. The highest BCUT2D eigenvalue weighted by atomic mass is 16.6. The summed E-state index contributed by atoms with van der Waals surface area (Å²) in [5.41, 5.74) is 7.55. The Balaban J connectivity index is 2.67. The van der Waals surface area contributed by atoms with E-state index in [1.807, 2.05) is 6.07 Å². The molecule has 20 heavy (non-hydrogen) atoms. The smallest absolute Gasteiger partial charge is 0.320 e. The number of aliphatic carboxylic acids is 1. The number of fused-ring (bicyclic) bond motifs is 1. The maximum atomic E-state index is 11.2. The van der Waals surface area contributed by atoms with Gasteiger partial charge in [-0.1, -0.05) is 0 Å². The number of nitro benzene ring substituents is 1. The van der Waals surface area contributed by atoms with Gasteiger partial charge in [-0.05, 0) is 24.1 Å². The summed E-state index contributed by atoms with van der Waals surface area (Å²) in [5, 5.41) is 20.5. The fraction of sp³-hybridized carbons (Fsp3) is 0.308. The lowest BCUT2D eigenvalue weighted by Gasteiger charge is -2.05. The summed E-state index contributed by atoms with van der Waals surface area (Å²) in [5.74, 6) is -1.13. The highest BCUT2D eigenvalue weighted by Gasteiger charge is 2.22. The third-order valence-electron chi connectivity index (χ3n) is 3.25. The topological polar surface area (TPSA) is 111 Å². The Kier molecular flexibility index (Phi) is 3.46. The molecule has 0 radical (unpaired) electrons. The Bertz CT molecular complexity index is 705. The molecule has 0 saturated carbocycles. The second kappa shape index (κ2) is 4.93. The molecule has 0 aliphatic rings. The highest BCUT2D eigenvalue weighted by molar-refractivity contribution is 5.93. The third kappa shape index (κ3) is 2.35. The van der Waals surface area contributed by atoms with Crippen molar-refractivity contribution < 1.29 is 14.8 Å². The minimum Gasteiger partial charge on any atom is -0.480 e. The van der Waals surface area contributed by atoms with Gasteiger partial charge in [0.15, 0.2) is 0 Å². The summed E-state index contributed by atoms with van der Waals surface area (Å²) < 4.78 is 1.75. The van der Waals surface area contributed by atoms with Crippen molar-refractivity contribution in [2.45, 2.75) is 19.4 Å². The number of nitrogens with zero attached hydrogens (tertiary/aromatic N) is 2. The van der Waals surface area contributed by atoms with Gasteiger partial charge < -0.3 is 15.4 Å². The summed E-state index contributed by atoms with van der Waals surface area (Å²) >= 11 is 0. The largest absolute Gasteiger partial charge is 0.480 e. The van der Waals surface area contributed by atoms with Crippen molar-refractivity contribution in [1.82, 2.24) is 4.57 Å². The standard InChI is InChI=1S/C13H15N3O4/c1-7-3-10-12(11(4-7)16(19)20)8(6-15(10)2)5-9(14)13(17)18/h3-4,6,9H,5,14H2,1-2H3,(H,17,18). The van der Waals surface area contributed by atoms with Crippen LogP contribution in [0.25, 0.3) is 10.9 Å². The number of carboxylic acids is 1. The van der Waals surface area contributed by atoms with Gasteiger partial charge in [0.05, 0.1) is 15.8 Å². The predicted molar refractivity (Wildman–Crippen MR) is 73.6 cm³/mol. The Morgan fingerprint density at radius 1 is 1.55 bits per heavy atom. The summed E-state index contributed by atoms with van der Waals surface area (Å²) in [7, 11) is 1.77. The van der Waals surface area contributed by atoms with Crippen LogP contribution < -0.4 is 5.73 Å². The number of carbonyl (C=O) groups is 1. The van der Waals surface area contributed by atoms with Gasteiger partial charge in [-0.15, -0.1) is 0 Å². The van der Waals surface area contributed by atoms with Crippen LogP contribution in [0.4, 0.5) is 5.69 Å². The van der Waals surface area contributed by atoms with Crippen LogP contribution in [0.5, 0.6) is 0 Å². The molecular weight excluding hydrogens is 262 g/mol. The van der Waals surface area contributed by atoms with E-state index in [0.29, 0.717) is 16.5 Å². The number of rotatable bonds is 4. The molecule has 106 valence electrons. The zero-order valence-corrected chi connectivity index (χ0v) is 11.2. The maximum Gasteiger partial charge on any atom is 0.320 e. The fourth-order valence-corrected chi connectivity index (χ4v) is 2.35. The lowest BCUT2D eigenvalue weighted by Crippen LogP contribution is -2.32. The molecule has 1 aromatic heterocycles. The highest BCUT2D eigenvalue weighted by Crippen LogP contribution is 2.32. The normalized spacial score (nSPS) is 12.6. The van der Waals surface area contributed by atoms with E-state index in [4.69, 9.17) is 10.8 Å². The van der Waals surface area contributed by atoms with Crippen molar-refractivity contribution in [2.24, 2.45) is 12.8 Å². The second-order valence-electron chi connectivity index (χ2n) is 4.85. The quantitative estimate of drug-likeness (QED) is 0.647. The molecule has 1 atom stereocenters. The van der Waals surface area contributed by atoms with Gasteiger partial charge in [0, 0.05) is 25.7 Å². The number of hydrogen-bond acceptors (Lipinski definition) is 4. The number of aryl methyl sites for hydroxylation is 2. The van der Waals surface area contributed by atoms with Crippen LogP contribution >= 0.6 is 0 Å². The number of hydrogen-bond donors (Lipinski definition) is 2. The third-order valence-corrected chi connectivity index (χ3v) is 3.25.